The minimum atomic E-state index is -4.82. The molecule has 0 bridgehead atoms. The second-order valence-electron chi connectivity index (χ2n) is 7.95. The van der Waals surface area contributed by atoms with Crippen LogP contribution in [0.5, 0.6) is 0 Å². The van der Waals surface area contributed by atoms with Crippen molar-refractivity contribution in [3.8, 4) is 0 Å². The Bertz CT molecular complexity index is 1080. The highest BCUT2D eigenvalue weighted by Crippen LogP contribution is 2.37. The van der Waals surface area contributed by atoms with Gasteiger partial charge in [0.05, 0.1) is 23.8 Å². The molecule has 2 aromatic carbocycles. The summed E-state index contributed by atoms with van der Waals surface area (Å²) in [6.45, 7) is 0.151. The van der Waals surface area contributed by atoms with Gasteiger partial charge in [0.1, 0.15) is 6.10 Å². The summed E-state index contributed by atoms with van der Waals surface area (Å²) in [6, 6.07) is 7.88. The lowest BCUT2D eigenvalue weighted by atomic mass is 9.99. The number of hydrogen-bond acceptors (Lipinski definition) is 4. The Balaban J connectivity index is 1.71. The van der Waals surface area contributed by atoms with E-state index in [0.717, 1.165) is 23.8 Å². The van der Waals surface area contributed by atoms with E-state index in [1.165, 1.54) is 23.1 Å². The molecule has 1 fully saturated rings. The van der Waals surface area contributed by atoms with Gasteiger partial charge in [0.2, 0.25) is 0 Å². The third kappa shape index (κ3) is 6.36. The predicted molar refractivity (Wildman–Crippen MR) is 114 cm³/mol. The van der Waals surface area contributed by atoms with E-state index >= 15 is 0 Å². The standard InChI is InChI=1S/C24H22F5NO5/c25-23(26,17-2-1-3-18(14-17)24(27,28)29)20(31)9-8-19-11-13-35-22(34)30(19)12-10-15-4-6-16(7-5-15)21(32)33/h1-9,14,19-20,31H,10-13H2,(H,32,33)/t19-,20?/m0/s1. The highest BCUT2D eigenvalue weighted by Gasteiger charge is 2.41. The molecule has 188 valence electrons. The van der Waals surface area contributed by atoms with Crippen LogP contribution < -0.4 is 0 Å². The predicted octanol–water partition coefficient (Wildman–Crippen LogP) is 4.87. The normalized spacial score (nSPS) is 17.9. The Hall–Kier alpha value is -3.47. The number of cyclic esters (lactones) is 1. The van der Waals surface area contributed by atoms with E-state index in [1.807, 2.05) is 0 Å². The Morgan fingerprint density at radius 1 is 1.11 bits per heavy atom. The van der Waals surface area contributed by atoms with Crippen molar-refractivity contribution in [1.82, 2.24) is 4.90 Å². The molecule has 1 heterocycles. The molecule has 6 nitrogen and oxygen atoms in total. The monoisotopic (exact) mass is 499 g/mol. The second kappa shape index (κ2) is 10.4. The highest BCUT2D eigenvalue weighted by atomic mass is 19.4. The van der Waals surface area contributed by atoms with Gasteiger partial charge in [0.15, 0.2) is 0 Å². The number of rotatable bonds is 8. The summed E-state index contributed by atoms with van der Waals surface area (Å²) in [5, 5.41) is 19.0. The molecule has 11 heteroatoms. The Kier molecular flexibility index (Phi) is 7.79. The first kappa shape index (κ1) is 26.1. The minimum Gasteiger partial charge on any atom is -0.478 e. The number of carboxylic acid groups (broad SMARTS) is 1. The Labute approximate surface area is 197 Å². The number of aromatic carboxylic acids is 1. The lowest BCUT2D eigenvalue weighted by Gasteiger charge is -2.33. The molecule has 0 saturated carbocycles. The molecule has 2 N–H and O–H groups in total. The fourth-order valence-corrected chi connectivity index (χ4v) is 3.59. The molecule has 1 aliphatic rings. The first-order valence-corrected chi connectivity index (χ1v) is 10.6. The number of alkyl halides is 5. The molecule has 0 aliphatic carbocycles. The fourth-order valence-electron chi connectivity index (χ4n) is 3.59. The lowest BCUT2D eigenvalue weighted by molar-refractivity contribution is -0.138. The van der Waals surface area contributed by atoms with Gasteiger partial charge in [-0.25, -0.2) is 9.59 Å². The van der Waals surface area contributed by atoms with Crippen molar-refractivity contribution in [3.05, 3.63) is 82.9 Å². The first-order chi connectivity index (χ1) is 16.4. The van der Waals surface area contributed by atoms with Crippen LogP contribution >= 0.6 is 0 Å². The highest BCUT2D eigenvalue weighted by molar-refractivity contribution is 5.87. The van der Waals surface area contributed by atoms with Gasteiger partial charge in [0, 0.05) is 18.5 Å². The van der Waals surface area contributed by atoms with Crippen LogP contribution in [0.25, 0.3) is 0 Å². The molecule has 2 atom stereocenters. The van der Waals surface area contributed by atoms with Crippen LogP contribution in [0.3, 0.4) is 0 Å². The van der Waals surface area contributed by atoms with Crippen molar-refractivity contribution in [1.29, 1.82) is 0 Å². The number of amides is 1. The first-order valence-electron chi connectivity index (χ1n) is 10.6. The van der Waals surface area contributed by atoms with Crippen molar-refractivity contribution in [2.75, 3.05) is 13.2 Å². The summed E-state index contributed by atoms with van der Waals surface area (Å²) in [7, 11) is 0. The van der Waals surface area contributed by atoms with E-state index < -0.39 is 47.4 Å². The van der Waals surface area contributed by atoms with Crippen molar-refractivity contribution in [2.24, 2.45) is 0 Å². The van der Waals surface area contributed by atoms with Gasteiger partial charge in [-0.05, 0) is 36.2 Å². The largest absolute Gasteiger partial charge is 0.478 e. The second-order valence-corrected chi connectivity index (χ2v) is 7.95. The Morgan fingerprint density at radius 3 is 2.40 bits per heavy atom. The summed E-state index contributed by atoms with van der Waals surface area (Å²) in [6.07, 6.45) is -5.39. The van der Waals surface area contributed by atoms with E-state index in [2.05, 4.69) is 0 Å². The molecular weight excluding hydrogens is 477 g/mol. The topological polar surface area (TPSA) is 87.1 Å². The zero-order valence-electron chi connectivity index (χ0n) is 18.2. The molecule has 2 aromatic rings. The molecule has 1 amide bonds. The molecule has 1 unspecified atom stereocenters. The Morgan fingerprint density at radius 2 is 1.77 bits per heavy atom. The number of halogens is 5. The zero-order chi connectivity index (χ0) is 25.8. The molecule has 1 saturated heterocycles. The maximum Gasteiger partial charge on any atom is 0.416 e. The van der Waals surface area contributed by atoms with Gasteiger partial charge in [-0.1, -0.05) is 36.4 Å². The number of carbonyl (C=O) groups is 2. The lowest BCUT2D eigenvalue weighted by Crippen LogP contribution is -2.45. The van der Waals surface area contributed by atoms with Crippen molar-refractivity contribution < 1.29 is 46.5 Å². The van der Waals surface area contributed by atoms with E-state index in [0.29, 0.717) is 12.5 Å². The maximum atomic E-state index is 14.7. The molecule has 35 heavy (non-hydrogen) atoms. The summed E-state index contributed by atoms with van der Waals surface area (Å²) < 4.78 is 73.0. The minimum absolute atomic E-state index is 0.0256. The van der Waals surface area contributed by atoms with Gasteiger partial charge >= 0.3 is 24.2 Å². The van der Waals surface area contributed by atoms with Crippen LogP contribution in [-0.4, -0.2) is 52.5 Å². The SMILES string of the molecule is O=C(O)c1ccc(CCN2C(=O)OCC[C@@H]2C=CC(O)C(F)(F)c2cccc(C(F)(F)F)c2)cc1. The van der Waals surface area contributed by atoms with Crippen LogP contribution in [0, 0.1) is 0 Å². The van der Waals surface area contributed by atoms with E-state index in [9.17, 15) is 36.6 Å². The molecule has 1 aliphatic heterocycles. The summed E-state index contributed by atoms with van der Waals surface area (Å²) >= 11 is 0. The van der Waals surface area contributed by atoms with Gasteiger partial charge in [-0.2, -0.15) is 22.0 Å². The molecular formula is C24H22F5NO5. The van der Waals surface area contributed by atoms with Gasteiger partial charge in [0.25, 0.3) is 0 Å². The number of benzene rings is 2. The van der Waals surface area contributed by atoms with Crippen molar-refractivity contribution >= 4 is 12.1 Å². The third-order valence-corrected chi connectivity index (χ3v) is 5.58. The van der Waals surface area contributed by atoms with E-state index in [4.69, 9.17) is 9.84 Å². The number of carbonyl (C=O) groups excluding carboxylic acids is 1. The van der Waals surface area contributed by atoms with Gasteiger partial charge in [-0.15, -0.1) is 0 Å². The van der Waals surface area contributed by atoms with Gasteiger partial charge in [-0.3, -0.25) is 0 Å². The van der Waals surface area contributed by atoms with Crippen LogP contribution in [0.2, 0.25) is 0 Å². The van der Waals surface area contributed by atoms with Crippen LogP contribution in [0.1, 0.15) is 33.5 Å². The number of hydrogen-bond donors (Lipinski definition) is 2. The molecule has 0 radical (unpaired) electrons. The summed E-state index contributed by atoms with van der Waals surface area (Å²) in [5.74, 6) is -5.09. The fraction of sp³-hybridized carbons (Fsp3) is 0.333. The van der Waals surface area contributed by atoms with E-state index in [-0.39, 0.29) is 31.2 Å². The number of ether oxygens (including phenoxy) is 1. The molecule has 0 aromatic heterocycles. The average Bonchev–Trinajstić information content (AvgIpc) is 2.81. The number of aliphatic hydroxyl groups excluding tert-OH is 1. The van der Waals surface area contributed by atoms with Crippen LogP contribution in [0.4, 0.5) is 26.7 Å². The smallest absolute Gasteiger partial charge is 0.416 e. The van der Waals surface area contributed by atoms with Crippen LogP contribution in [0.15, 0.2) is 60.7 Å². The maximum absolute atomic E-state index is 14.7. The van der Waals surface area contributed by atoms with Crippen molar-refractivity contribution in [3.63, 3.8) is 0 Å². The van der Waals surface area contributed by atoms with Crippen molar-refractivity contribution in [2.45, 2.75) is 37.1 Å². The average molecular weight is 499 g/mol. The summed E-state index contributed by atoms with van der Waals surface area (Å²) in [5.41, 5.74) is -1.42. The van der Waals surface area contributed by atoms with Gasteiger partial charge < -0.3 is 19.8 Å². The van der Waals surface area contributed by atoms with Crippen LogP contribution in [-0.2, 0) is 23.3 Å². The quantitative estimate of drug-likeness (QED) is 0.400. The molecule has 0 spiro atoms. The number of carboxylic acids is 1. The number of aliphatic hydroxyl groups is 1. The zero-order valence-corrected chi connectivity index (χ0v) is 18.2. The van der Waals surface area contributed by atoms with E-state index in [1.54, 1.807) is 12.1 Å². The summed E-state index contributed by atoms with van der Waals surface area (Å²) in [4.78, 5) is 24.5. The number of nitrogens with zero attached hydrogens (tertiary/aromatic N) is 1. The molecule has 3 rings (SSSR count). The third-order valence-electron chi connectivity index (χ3n) is 5.58.